The van der Waals surface area contributed by atoms with Crippen LogP contribution in [-0.2, 0) is 4.79 Å². The molecule has 0 fully saturated rings. The lowest BCUT2D eigenvalue weighted by Crippen LogP contribution is -2.36. The molecule has 3 aromatic carbocycles. The van der Waals surface area contributed by atoms with Gasteiger partial charge in [0.15, 0.2) is 0 Å². The number of hydrogen-bond donors (Lipinski definition) is 1. The Morgan fingerprint density at radius 1 is 0.903 bits per heavy atom. The summed E-state index contributed by atoms with van der Waals surface area (Å²) in [7, 11) is 1.56. The fourth-order valence-electron chi connectivity index (χ4n) is 3.70. The summed E-state index contributed by atoms with van der Waals surface area (Å²) in [4.78, 5) is 40.2. The Morgan fingerprint density at radius 2 is 1.48 bits per heavy atom. The Kier molecular flexibility index (Phi) is 5.54. The van der Waals surface area contributed by atoms with Gasteiger partial charge in [0.1, 0.15) is 5.75 Å². The van der Waals surface area contributed by atoms with Gasteiger partial charge in [-0.05, 0) is 48.9 Å². The Balaban J connectivity index is 1.65. The highest BCUT2D eigenvalue weighted by Gasteiger charge is 2.41. The molecular weight excluding hydrogens is 392 g/mol. The highest BCUT2D eigenvalue weighted by molar-refractivity contribution is 6.21. The molecule has 1 aliphatic heterocycles. The molecule has 0 saturated heterocycles. The average molecular weight is 414 g/mol. The van der Waals surface area contributed by atoms with Gasteiger partial charge in [-0.15, -0.1) is 0 Å². The van der Waals surface area contributed by atoms with Crippen molar-refractivity contribution in [1.82, 2.24) is 4.90 Å². The first-order valence-electron chi connectivity index (χ1n) is 9.95. The fourth-order valence-corrected chi connectivity index (χ4v) is 3.70. The fraction of sp³-hybridized carbons (Fsp3) is 0.160. The number of methoxy groups -OCH3 is 1. The van der Waals surface area contributed by atoms with Crippen LogP contribution in [0.4, 0.5) is 5.69 Å². The van der Waals surface area contributed by atoms with Gasteiger partial charge in [0.25, 0.3) is 11.8 Å². The third-order valence-electron chi connectivity index (χ3n) is 5.35. The molecule has 0 saturated carbocycles. The van der Waals surface area contributed by atoms with Gasteiger partial charge in [-0.3, -0.25) is 19.3 Å². The summed E-state index contributed by atoms with van der Waals surface area (Å²) >= 11 is 0. The van der Waals surface area contributed by atoms with Gasteiger partial charge in [0, 0.05) is 5.69 Å². The van der Waals surface area contributed by atoms with E-state index in [0.29, 0.717) is 28.1 Å². The number of rotatable bonds is 6. The molecule has 0 aromatic heterocycles. The number of anilines is 1. The summed E-state index contributed by atoms with van der Waals surface area (Å²) in [6.45, 7) is 1.97. The van der Waals surface area contributed by atoms with Crippen molar-refractivity contribution in [2.75, 3.05) is 12.4 Å². The quantitative estimate of drug-likeness (QED) is 0.608. The molecule has 0 radical (unpaired) electrons. The predicted molar refractivity (Wildman–Crippen MR) is 117 cm³/mol. The van der Waals surface area contributed by atoms with Crippen molar-refractivity contribution in [2.24, 2.45) is 0 Å². The molecule has 0 bridgehead atoms. The van der Waals surface area contributed by atoms with Crippen LogP contribution < -0.4 is 10.1 Å². The van der Waals surface area contributed by atoms with Crippen LogP contribution in [-0.4, -0.2) is 29.7 Å². The van der Waals surface area contributed by atoms with E-state index in [0.717, 1.165) is 5.56 Å². The van der Waals surface area contributed by atoms with E-state index >= 15 is 0 Å². The second-order valence-electron chi connectivity index (χ2n) is 7.43. The number of nitrogens with zero attached hydrogens (tertiary/aromatic N) is 1. The van der Waals surface area contributed by atoms with Crippen molar-refractivity contribution < 1.29 is 19.1 Å². The first-order valence-corrected chi connectivity index (χ1v) is 9.95. The number of nitrogens with one attached hydrogen (secondary N) is 1. The minimum Gasteiger partial charge on any atom is -0.497 e. The largest absolute Gasteiger partial charge is 0.497 e. The smallest absolute Gasteiger partial charge is 0.262 e. The van der Waals surface area contributed by atoms with Gasteiger partial charge in [0.2, 0.25) is 5.91 Å². The summed E-state index contributed by atoms with van der Waals surface area (Å²) in [5, 5.41) is 2.85. The minimum absolute atomic E-state index is 0.0638. The molecule has 3 amide bonds. The highest BCUT2D eigenvalue weighted by Crippen LogP contribution is 2.34. The van der Waals surface area contributed by atoms with Crippen LogP contribution in [0.3, 0.4) is 0 Å². The van der Waals surface area contributed by atoms with Gasteiger partial charge >= 0.3 is 0 Å². The zero-order valence-corrected chi connectivity index (χ0v) is 17.3. The highest BCUT2D eigenvalue weighted by atomic mass is 16.5. The van der Waals surface area contributed by atoms with Crippen LogP contribution in [0.25, 0.3) is 0 Å². The molecule has 6 nitrogen and oxygen atoms in total. The van der Waals surface area contributed by atoms with Crippen LogP contribution in [0, 0.1) is 6.92 Å². The van der Waals surface area contributed by atoms with Crippen molar-refractivity contribution in [3.63, 3.8) is 0 Å². The van der Waals surface area contributed by atoms with Gasteiger partial charge < -0.3 is 10.1 Å². The molecule has 6 heteroatoms. The number of carbonyl (C=O) groups is 3. The SMILES string of the molecule is COc1ccc(C(CC(=O)Nc2ccc(C)cc2)N2C(=O)c3ccccc3C2=O)cc1. The summed E-state index contributed by atoms with van der Waals surface area (Å²) in [5.41, 5.74) is 3.12. The second kappa shape index (κ2) is 8.44. The zero-order chi connectivity index (χ0) is 22.0. The van der Waals surface area contributed by atoms with E-state index in [1.807, 2.05) is 31.2 Å². The lowest BCUT2D eigenvalue weighted by atomic mass is 10.0. The number of amides is 3. The van der Waals surface area contributed by atoms with Crippen LogP contribution in [0.1, 0.15) is 44.3 Å². The van der Waals surface area contributed by atoms with E-state index in [9.17, 15) is 14.4 Å². The number of carbonyl (C=O) groups excluding carboxylic acids is 3. The molecular formula is C25H22N2O4. The van der Waals surface area contributed by atoms with E-state index in [2.05, 4.69) is 5.32 Å². The summed E-state index contributed by atoms with van der Waals surface area (Å²) in [5.74, 6) is -0.440. The van der Waals surface area contributed by atoms with E-state index in [1.165, 1.54) is 4.90 Å². The maximum absolute atomic E-state index is 13.1. The van der Waals surface area contributed by atoms with E-state index < -0.39 is 17.9 Å². The van der Waals surface area contributed by atoms with Crippen LogP contribution in [0.5, 0.6) is 5.75 Å². The van der Waals surface area contributed by atoms with E-state index in [4.69, 9.17) is 4.74 Å². The van der Waals surface area contributed by atoms with Crippen molar-refractivity contribution in [3.8, 4) is 5.75 Å². The summed E-state index contributed by atoms with van der Waals surface area (Å²) in [6.07, 6.45) is -0.0638. The average Bonchev–Trinajstić information content (AvgIpc) is 3.04. The van der Waals surface area contributed by atoms with E-state index in [-0.39, 0.29) is 12.3 Å². The summed E-state index contributed by atoms with van der Waals surface area (Å²) < 4.78 is 5.21. The number of ether oxygens (including phenoxy) is 1. The normalized spacial score (nSPS) is 13.7. The Labute approximate surface area is 180 Å². The van der Waals surface area contributed by atoms with Gasteiger partial charge in [0.05, 0.1) is 30.7 Å². The Bertz CT molecular complexity index is 1100. The van der Waals surface area contributed by atoms with Crippen molar-refractivity contribution >= 4 is 23.4 Å². The topological polar surface area (TPSA) is 75.7 Å². The first kappa shape index (κ1) is 20.3. The standard InChI is InChI=1S/C25H22N2O4/c1-16-7-11-18(12-8-16)26-23(28)15-22(17-9-13-19(31-2)14-10-17)27-24(29)20-5-3-4-6-21(20)25(27)30/h3-14,22H,15H2,1-2H3,(H,26,28). The molecule has 156 valence electrons. The van der Waals surface area contributed by atoms with Crippen LogP contribution in [0.2, 0.25) is 0 Å². The molecule has 31 heavy (non-hydrogen) atoms. The monoisotopic (exact) mass is 414 g/mol. The zero-order valence-electron chi connectivity index (χ0n) is 17.3. The lowest BCUT2D eigenvalue weighted by molar-refractivity contribution is -0.117. The third-order valence-corrected chi connectivity index (χ3v) is 5.35. The lowest BCUT2D eigenvalue weighted by Gasteiger charge is -2.26. The van der Waals surface area contributed by atoms with Crippen molar-refractivity contribution in [3.05, 3.63) is 95.1 Å². The first-order chi connectivity index (χ1) is 15.0. The second-order valence-corrected chi connectivity index (χ2v) is 7.43. The minimum atomic E-state index is -0.747. The van der Waals surface area contributed by atoms with Crippen LogP contribution >= 0.6 is 0 Å². The molecule has 1 atom stereocenters. The Hall–Kier alpha value is -3.93. The number of aryl methyl sites for hydroxylation is 1. The molecule has 1 heterocycles. The summed E-state index contributed by atoms with van der Waals surface area (Å²) in [6, 6.07) is 20.4. The van der Waals surface area contributed by atoms with Crippen molar-refractivity contribution in [1.29, 1.82) is 0 Å². The molecule has 4 rings (SSSR count). The van der Waals surface area contributed by atoms with Crippen LogP contribution in [0.15, 0.2) is 72.8 Å². The molecule has 0 aliphatic carbocycles. The molecule has 1 aliphatic rings. The molecule has 1 N–H and O–H groups in total. The number of benzene rings is 3. The number of imide groups is 1. The molecule has 3 aromatic rings. The maximum Gasteiger partial charge on any atom is 0.262 e. The van der Waals surface area contributed by atoms with Gasteiger partial charge in [-0.1, -0.05) is 42.0 Å². The third kappa shape index (κ3) is 4.05. The van der Waals surface area contributed by atoms with E-state index in [1.54, 1.807) is 55.6 Å². The molecule has 1 unspecified atom stereocenters. The number of hydrogen-bond acceptors (Lipinski definition) is 4. The Morgan fingerprint density at radius 3 is 2.03 bits per heavy atom. The number of fused-ring (bicyclic) bond motifs is 1. The van der Waals surface area contributed by atoms with Gasteiger partial charge in [-0.2, -0.15) is 0 Å². The predicted octanol–water partition coefficient (Wildman–Crippen LogP) is 4.37. The molecule has 0 spiro atoms. The maximum atomic E-state index is 13.1. The van der Waals surface area contributed by atoms with Gasteiger partial charge in [-0.25, -0.2) is 0 Å². The van der Waals surface area contributed by atoms with Crippen molar-refractivity contribution in [2.45, 2.75) is 19.4 Å².